The number of rotatable bonds is 5. The van der Waals surface area contributed by atoms with Gasteiger partial charge in [0.1, 0.15) is 35.8 Å². The van der Waals surface area contributed by atoms with Crippen molar-refractivity contribution in [2.45, 2.75) is 20.5 Å². The Hall–Kier alpha value is -5.01. The number of hydrogen-bond donors (Lipinski definition) is 0. The second kappa shape index (κ2) is 9.32. The molecular weight excluding hydrogens is 453 g/mol. The fourth-order valence-electron chi connectivity index (χ4n) is 4.42. The van der Waals surface area contributed by atoms with Crippen LogP contribution in [0, 0.1) is 42.3 Å². The highest BCUT2D eigenvalue weighted by molar-refractivity contribution is 6.00. The molecule has 0 aliphatic carbocycles. The van der Waals surface area contributed by atoms with Crippen LogP contribution in [0.1, 0.15) is 27.9 Å². The van der Waals surface area contributed by atoms with Crippen LogP contribution in [0.25, 0.3) is 28.0 Å². The van der Waals surface area contributed by atoms with E-state index < -0.39 is 5.82 Å². The Morgan fingerprint density at radius 2 is 1.81 bits per heavy atom. The lowest BCUT2D eigenvalue weighted by Crippen LogP contribution is -2.02. The molecule has 174 valence electrons. The zero-order valence-electron chi connectivity index (χ0n) is 19.7. The Labute approximate surface area is 207 Å². The highest BCUT2D eigenvalue weighted by Crippen LogP contribution is 2.39. The summed E-state index contributed by atoms with van der Waals surface area (Å²) < 4.78 is 22.2. The lowest BCUT2D eigenvalue weighted by Gasteiger charge is -2.17. The van der Waals surface area contributed by atoms with E-state index in [-0.39, 0.29) is 17.2 Å². The predicted octanol–water partition coefficient (Wildman–Crippen LogP) is 6.17. The fraction of sp³-hybridized carbons (Fsp3) is 0.103. The number of fused-ring (bicyclic) bond motifs is 1. The van der Waals surface area contributed by atoms with Gasteiger partial charge in [-0.2, -0.15) is 10.5 Å². The van der Waals surface area contributed by atoms with Gasteiger partial charge in [-0.05, 0) is 65.9 Å². The summed E-state index contributed by atoms with van der Waals surface area (Å²) in [6.45, 7) is 4.31. The van der Waals surface area contributed by atoms with Crippen LogP contribution >= 0.6 is 0 Å². The van der Waals surface area contributed by atoms with Gasteiger partial charge in [-0.3, -0.25) is 4.57 Å². The number of pyridine rings is 2. The van der Waals surface area contributed by atoms with Crippen LogP contribution in [-0.4, -0.2) is 14.5 Å². The van der Waals surface area contributed by atoms with Crippen LogP contribution < -0.4 is 4.74 Å². The first kappa shape index (κ1) is 22.8. The summed E-state index contributed by atoms with van der Waals surface area (Å²) in [4.78, 5) is 8.58. The molecule has 0 unspecified atom stereocenters. The molecule has 6 nitrogen and oxygen atoms in total. The van der Waals surface area contributed by atoms with Gasteiger partial charge in [0.2, 0.25) is 0 Å². The number of nitriles is 2. The Morgan fingerprint density at radius 1 is 1.00 bits per heavy atom. The largest absolute Gasteiger partial charge is 0.489 e. The molecule has 0 saturated heterocycles. The number of aromatic nitrogens is 3. The molecule has 7 heteroatoms. The highest BCUT2D eigenvalue weighted by atomic mass is 19.1. The molecule has 0 radical (unpaired) electrons. The average Bonchev–Trinajstić information content (AvgIpc) is 3.27. The van der Waals surface area contributed by atoms with Gasteiger partial charge in [0.25, 0.3) is 0 Å². The molecule has 0 aliphatic heterocycles. The molecule has 3 heterocycles. The molecule has 5 rings (SSSR count). The first-order chi connectivity index (χ1) is 17.5. The van der Waals surface area contributed by atoms with Crippen molar-refractivity contribution in [2.24, 2.45) is 0 Å². The van der Waals surface area contributed by atoms with Crippen molar-refractivity contribution in [1.29, 1.82) is 10.5 Å². The van der Waals surface area contributed by atoms with Gasteiger partial charge < -0.3 is 4.74 Å². The van der Waals surface area contributed by atoms with Crippen molar-refractivity contribution in [3.8, 4) is 34.8 Å². The van der Waals surface area contributed by atoms with E-state index in [2.05, 4.69) is 22.1 Å². The van der Waals surface area contributed by atoms with Gasteiger partial charge in [-0.1, -0.05) is 36.4 Å². The number of nitrogens with zero attached hydrogens (tertiary/aromatic N) is 5. The van der Waals surface area contributed by atoms with Crippen LogP contribution in [0.15, 0.2) is 73.1 Å². The molecule has 0 amide bonds. The summed E-state index contributed by atoms with van der Waals surface area (Å²) in [5.41, 5.74) is 5.07. The summed E-state index contributed by atoms with van der Waals surface area (Å²) in [5.74, 6) is 0.135. The Balaban J connectivity index is 1.73. The van der Waals surface area contributed by atoms with Crippen molar-refractivity contribution < 1.29 is 9.13 Å². The molecule has 0 bridgehead atoms. The predicted molar refractivity (Wildman–Crippen MR) is 134 cm³/mol. The summed E-state index contributed by atoms with van der Waals surface area (Å²) in [5, 5.41) is 20.2. The normalized spacial score (nSPS) is 10.7. The number of hydrogen-bond acceptors (Lipinski definition) is 5. The van der Waals surface area contributed by atoms with E-state index in [1.165, 1.54) is 29.1 Å². The first-order valence-electron chi connectivity index (χ1n) is 11.3. The third kappa shape index (κ3) is 3.93. The lowest BCUT2D eigenvalue weighted by molar-refractivity contribution is 0.304. The van der Waals surface area contributed by atoms with Crippen molar-refractivity contribution in [3.63, 3.8) is 0 Å². The van der Waals surface area contributed by atoms with Gasteiger partial charge in [0.15, 0.2) is 11.6 Å². The van der Waals surface area contributed by atoms with Crippen LogP contribution in [0.3, 0.4) is 0 Å². The fourth-order valence-corrected chi connectivity index (χ4v) is 4.42. The molecule has 0 fully saturated rings. The van der Waals surface area contributed by atoms with Gasteiger partial charge in [-0.25, -0.2) is 14.4 Å². The van der Waals surface area contributed by atoms with Crippen molar-refractivity contribution in [1.82, 2.24) is 14.5 Å². The minimum atomic E-state index is -0.562. The number of benzene rings is 2. The smallest absolute Gasteiger partial charge is 0.174 e. The van der Waals surface area contributed by atoms with E-state index in [1.807, 2.05) is 56.3 Å². The molecule has 0 spiro atoms. The number of ether oxygens (including phenoxy) is 1. The average molecular weight is 474 g/mol. The maximum absolute atomic E-state index is 14.7. The third-order valence-electron chi connectivity index (χ3n) is 6.09. The quantitative estimate of drug-likeness (QED) is 0.305. The highest BCUT2D eigenvalue weighted by Gasteiger charge is 2.22. The Morgan fingerprint density at radius 3 is 2.53 bits per heavy atom. The maximum atomic E-state index is 14.7. The van der Waals surface area contributed by atoms with Crippen LogP contribution in [0.5, 0.6) is 5.75 Å². The van der Waals surface area contributed by atoms with E-state index in [4.69, 9.17) is 4.74 Å². The topological polar surface area (TPSA) is 87.5 Å². The molecule has 3 aromatic heterocycles. The van der Waals surface area contributed by atoms with E-state index in [0.29, 0.717) is 28.9 Å². The SMILES string of the molecule is Cc1ccc(OCc2ccccc2)c(C)c1-c1cc(C#N)nc2c1c(C#N)cn2-c1ncccc1F. The lowest BCUT2D eigenvalue weighted by atomic mass is 9.92. The molecular formula is C29H20FN5O. The van der Waals surface area contributed by atoms with Crippen molar-refractivity contribution in [3.05, 3.63) is 107 Å². The molecule has 0 N–H and O–H groups in total. The Bertz CT molecular complexity index is 1690. The number of halogens is 1. The van der Waals surface area contributed by atoms with Gasteiger partial charge >= 0.3 is 0 Å². The minimum Gasteiger partial charge on any atom is -0.489 e. The zero-order valence-corrected chi connectivity index (χ0v) is 19.7. The van der Waals surface area contributed by atoms with Gasteiger partial charge in [0.05, 0.1) is 5.56 Å². The van der Waals surface area contributed by atoms with E-state index >= 15 is 0 Å². The molecule has 0 aliphatic rings. The molecule has 2 aromatic carbocycles. The van der Waals surface area contributed by atoms with E-state index in [9.17, 15) is 14.9 Å². The summed E-state index contributed by atoms with van der Waals surface area (Å²) in [6, 6.07) is 22.5. The van der Waals surface area contributed by atoms with Crippen LogP contribution in [-0.2, 0) is 6.61 Å². The second-order valence-corrected chi connectivity index (χ2v) is 8.35. The summed E-state index contributed by atoms with van der Waals surface area (Å²) in [7, 11) is 0. The third-order valence-corrected chi connectivity index (χ3v) is 6.09. The van der Waals surface area contributed by atoms with Crippen molar-refractivity contribution in [2.75, 3.05) is 0 Å². The Kier molecular flexibility index (Phi) is 5.90. The standard InChI is InChI=1S/C29H20FN5O/c1-18-10-11-25(36-17-20-7-4-3-5-8-20)19(2)26(18)23-13-22(15-32)34-29-27(23)21(14-31)16-35(29)28-24(30)9-6-12-33-28/h3-13,16H,17H2,1-2H3. The van der Waals surface area contributed by atoms with Crippen LogP contribution in [0.2, 0.25) is 0 Å². The summed E-state index contributed by atoms with van der Waals surface area (Å²) in [6.07, 6.45) is 2.97. The van der Waals surface area contributed by atoms with E-state index in [1.54, 1.807) is 6.07 Å². The van der Waals surface area contributed by atoms with Crippen molar-refractivity contribution >= 4 is 11.0 Å². The minimum absolute atomic E-state index is 0.00549. The van der Waals surface area contributed by atoms with Gasteiger partial charge in [0, 0.05) is 17.8 Å². The molecule has 36 heavy (non-hydrogen) atoms. The summed E-state index contributed by atoms with van der Waals surface area (Å²) >= 11 is 0. The molecule has 5 aromatic rings. The first-order valence-corrected chi connectivity index (χ1v) is 11.3. The molecule has 0 atom stereocenters. The van der Waals surface area contributed by atoms with Gasteiger partial charge in [-0.15, -0.1) is 0 Å². The monoisotopic (exact) mass is 473 g/mol. The van der Waals surface area contributed by atoms with Crippen LogP contribution in [0.4, 0.5) is 4.39 Å². The number of aryl methyl sites for hydroxylation is 1. The maximum Gasteiger partial charge on any atom is 0.174 e. The zero-order chi connectivity index (χ0) is 25.2. The second-order valence-electron chi connectivity index (χ2n) is 8.35. The van der Waals surface area contributed by atoms with E-state index in [0.717, 1.165) is 22.3 Å². The molecule has 0 saturated carbocycles.